The van der Waals surface area contributed by atoms with Crippen LogP contribution in [0.25, 0.3) is 10.2 Å². The third kappa shape index (κ3) is 2.89. The number of benzene rings is 2. The molecule has 3 aromatic rings. The highest BCUT2D eigenvalue weighted by Crippen LogP contribution is 2.38. The number of hydrogen-bond donors (Lipinski definition) is 1. The minimum absolute atomic E-state index is 0.0155. The summed E-state index contributed by atoms with van der Waals surface area (Å²) in [5, 5.41) is 3.47. The van der Waals surface area contributed by atoms with E-state index in [1.165, 1.54) is 11.3 Å². The van der Waals surface area contributed by atoms with Gasteiger partial charge in [0.2, 0.25) is 11.8 Å². The first kappa shape index (κ1) is 15.8. The average molecular weight is 351 g/mol. The highest BCUT2D eigenvalue weighted by atomic mass is 32.1. The molecule has 2 heterocycles. The van der Waals surface area contributed by atoms with Crippen LogP contribution in [0.2, 0.25) is 0 Å². The van der Waals surface area contributed by atoms with Gasteiger partial charge in [-0.15, -0.1) is 0 Å². The molecule has 4 rings (SSSR count). The maximum absolute atomic E-state index is 12.8. The van der Waals surface area contributed by atoms with Crippen molar-refractivity contribution in [3.8, 4) is 0 Å². The molecular weight excluding hydrogens is 334 g/mol. The fourth-order valence-electron chi connectivity index (χ4n) is 3.33. The second-order valence-corrected chi connectivity index (χ2v) is 7.18. The molecule has 2 aromatic carbocycles. The van der Waals surface area contributed by atoms with E-state index in [9.17, 15) is 9.59 Å². The van der Waals surface area contributed by atoms with Crippen molar-refractivity contribution in [3.05, 3.63) is 60.2 Å². The third-order valence-electron chi connectivity index (χ3n) is 4.59. The Balaban J connectivity index is 1.60. The number of nitrogens with one attached hydrogen (secondary N) is 1. The zero-order valence-electron chi connectivity index (χ0n) is 13.7. The van der Waals surface area contributed by atoms with Gasteiger partial charge in [-0.25, -0.2) is 4.98 Å². The Morgan fingerprint density at radius 3 is 2.64 bits per heavy atom. The molecule has 126 valence electrons. The highest BCUT2D eigenvalue weighted by molar-refractivity contribution is 7.22. The number of anilines is 1. The first-order chi connectivity index (χ1) is 12.1. The minimum atomic E-state index is -0.424. The lowest BCUT2D eigenvalue weighted by molar-refractivity contribution is -0.127. The standard InChI is InChI=1S/C19H17N3O2S/c1-22-16(23)11-13(17(22)12-7-3-2-4-8-12)18(24)21-19-20-14-9-5-6-10-15(14)25-19/h2-10,13,17H,11H2,1H3,(H,20,21,24). The van der Waals surface area contributed by atoms with Crippen LogP contribution < -0.4 is 5.32 Å². The lowest BCUT2D eigenvalue weighted by atomic mass is 9.93. The predicted octanol–water partition coefficient (Wildman–Crippen LogP) is 3.45. The van der Waals surface area contributed by atoms with Gasteiger partial charge in [-0.2, -0.15) is 0 Å². The van der Waals surface area contributed by atoms with Crippen LogP contribution in [0.1, 0.15) is 18.0 Å². The number of amides is 2. The van der Waals surface area contributed by atoms with Crippen molar-refractivity contribution < 1.29 is 9.59 Å². The average Bonchev–Trinajstić information content (AvgIpc) is 3.16. The van der Waals surface area contributed by atoms with Gasteiger partial charge in [0.15, 0.2) is 5.13 Å². The summed E-state index contributed by atoms with van der Waals surface area (Å²) >= 11 is 1.44. The molecule has 2 amide bonds. The van der Waals surface area contributed by atoms with Crippen molar-refractivity contribution in [2.45, 2.75) is 12.5 Å². The Bertz CT molecular complexity index is 905. The molecule has 5 nitrogen and oxygen atoms in total. The molecule has 6 heteroatoms. The van der Waals surface area contributed by atoms with Gasteiger partial charge in [-0.1, -0.05) is 53.8 Å². The van der Waals surface area contributed by atoms with E-state index in [0.717, 1.165) is 15.8 Å². The lowest BCUT2D eigenvalue weighted by Crippen LogP contribution is -2.29. The summed E-state index contributed by atoms with van der Waals surface area (Å²) in [5.41, 5.74) is 1.84. The van der Waals surface area contributed by atoms with E-state index in [1.54, 1.807) is 11.9 Å². The molecule has 1 saturated heterocycles. The van der Waals surface area contributed by atoms with Crippen molar-refractivity contribution in [2.24, 2.45) is 5.92 Å². The Hall–Kier alpha value is -2.73. The van der Waals surface area contributed by atoms with Crippen LogP contribution in [0.15, 0.2) is 54.6 Å². The lowest BCUT2D eigenvalue weighted by Gasteiger charge is -2.24. The highest BCUT2D eigenvalue weighted by Gasteiger charge is 2.42. The minimum Gasteiger partial charge on any atom is -0.338 e. The van der Waals surface area contributed by atoms with E-state index in [2.05, 4.69) is 10.3 Å². The van der Waals surface area contributed by atoms with Crippen molar-refractivity contribution in [1.29, 1.82) is 0 Å². The number of carbonyl (C=O) groups excluding carboxylic acids is 2. The molecule has 2 unspecified atom stereocenters. The van der Waals surface area contributed by atoms with E-state index < -0.39 is 5.92 Å². The number of hydrogen-bond acceptors (Lipinski definition) is 4. The van der Waals surface area contributed by atoms with Crippen LogP contribution in [0.3, 0.4) is 0 Å². The van der Waals surface area contributed by atoms with E-state index in [4.69, 9.17) is 0 Å². The molecule has 0 radical (unpaired) electrons. The number of rotatable bonds is 3. The van der Waals surface area contributed by atoms with Gasteiger partial charge >= 0.3 is 0 Å². The quantitative estimate of drug-likeness (QED) is 0.786. The number of fused-ring (bicyclic) bond motifs is 1. The van der Waals surface area contributed by atoms with Gasteiger partial charge in [0, 0.05) is 13.5 Å². The van der Waals surface area contributed by atoms with Crippen LogP contribution in [-0.4, -0.2) is 28.7 Å². The maximum atomic E-state index is 12.8. The van der Waals surface area contributed by atoms with E-state index in [1.807, 2.05) is 54.6 Å². The summed E-state index contributed by atoms with van der Waals surface area (Å²) in [6.45, 7) is 0. The molecule has 1 aliphatic rings. The van der Waals surface area contributed by atoms with E-state index in [0.29, 0.717) is 5.13 Å². The Labute approximate surface area is 149 Å². The molecule has 0 aliphatic carbocycles. The van der Waals surface area contributed by atoms with E-state index in [-0.39, 0.29) is 24.3 Å². The van der Waals surface area contributed by atoms with Crippen molar-refractivity contribution >= 4 is 38.5 Å². The summed E-state index contributed by atoms with van der Waals surface area (Å²) < 4.78 is 1.03. The van der Waals surface area contributed by atoms with Crippen LogP contribution >= 0.6 is 11.3 Å². The summed E-state index contributed by atoms with van der Waals surface area (Å²) in [5.74, 6) is -0.601. The van der Waals surface area contributed by atoms with Crippen molar-refractivity contribution in [3.63, 3.8) is 0 Å². The molecule has 2 atom stereocenters. The molecule has 1 aromatic heterocycles. The van der Waals surface area contributed by atoms with Crippen LogP contribution in [0, 0.1) is 5.92 Å². The number of nitrogens with zero attached hydrogens (tertiary/aromatic N) is 2. The Morgan fingerprint density at radius 2 is 1.88 bits per heavy atom. The smallest absolute Gasteiger partial charge is 0.232 e. The molecule has 1 fully saturated rings. The zero-order valence-corrected chi connectivity index (χ0v) is 14.5. The molecular formula is C19H17N3O2S. The number of thiazole rings is 1. The monoisotopic (exact) mass is 351 g/mol. The van der Waals surface area contributed by atoms with Gasteiger partial charge in [0.1, 0.15) is 0 Å². The number of para-hydroxylation sites is 1. The van der Waals surface area contributed by atoms with Gasteiger partial charge in [-0.05, 0) is 17.7 Å². The topological polar surface area (TPSA) is 62.3 Å². The molecule has 1 N–H and O–H groups in total. The molecule has 1 aliphatic heterocycles. The molecule has 0 saturated carbocycles. The molecule has 0 bridgehead atoms. The molecule has 25 heavy (non-hydrogen) atoms. The van der Waals surface area contributed by atoms with Gasteiger partial charge in [-0.3, -0.25) is 9.59 Å². The van der Waals surface area contributed by atoms with Crippen molar-refractivity contribution in [2.75, 3.05) is 12.4 Å². The SMILES string of the molecule is CN1C(=O)CC(C(=O)Nc2nc3ccccc3s2)C1c1ccccc1. The van der Waals surface area contributed by atoms with Crippen LogP contribution in [0.5, 0.6) is 0 Å². The zero-order chi connectivity index (χ0) is 17.4. The maximum Gasteiger partial charge on any atom is 0.232 e. The summed E-state index contributed by atoms with van der Waals surface area (Å²) in [4.78, 5) is 31.2. The Morgan fingerprint density at radius 1 is 1.16 bits per heavy atom. The van der Waals surface area contributed by atoms with Crippen molar-refractivity contribution in [1.82, 2.24) is 9.88 Å². The normalized spacial score (nSPS) is 20.2. The van der Waals surface area contributed by atoms with Gasteiger partial charge in [0.05, 0.1) is 22.2 Å². The largest absolute Gasteiger partial charge is 0.338 e. The number of aromatic nitrogens is 1. The van der Waals surface area contributed by atoms with Crippen LogP contribution in [0.4, 0.5) is 5.13 Å². The van der Waals surface area contributed by atoms with Gasteiger partial charge in [0.25, 0.3) is 0 Å². The second kappa shape index (κ2) is 6.29. The number of carbonyl (C=O) groups is 2. The second-order valence-electron chi connectivity index (χ2n) is 6.15. The first-order valence-corrected chi connectivity index (χ1v) is 8.92. The summed E-state index contributed by atoms with van der Waals surface area (Å²) in [7, 11) is 1.75. The van der Waals surface area contributed by atoms with Gasteiger partial charge < -0.3 is 10.2 Å². The fourth-order valence-corrected chi connectivity index (χ4v) is 4.20. The first-order valence-electron chi connectivity index (χ1n) is 8.10. The predicted molar refractivity (Wildman–Crippen MR) is 98.3 cm³/mol. The Kier molecular flexibility index (Phi) is 3.97. The fraction of sp³-hybridized carbons (Fsp3) is 0.211. The molecule has 0 spiro atoms. The third-order valence-corrected chi connectivity index (χ3v) is 5.54. The van der Waals surface area contributed by atoms with E-state index >= 15 is 0 Å². The summed E-state index contributed by atoms with van der Waals surface area (Å²) in [6, 6.07) is 17.2. The number of likely N-dealkylation sites (tertiary alicyclic amines) is 1. The van der Waals surface area contributed by atoms with Crippen LogP contribution in [-0.2, 0) is 9.59 Å². The summed E-state index contributed by atoms with van der Waals surface area (Å²) in [6.07, 6.45) is 0.215.